The van der Waals surface area contributed by atoms with Crippen molar-refractivity contribution in [1.82, 2.24) is 15.4 Å². The zero-order chi connectivity index (χ0) is 13.1. The lowest BCUT2D eigenvalue weighted by Crippen LogP contribution is -2.30. The van der Waals surface area contributed by atoms with Gasteiger partial charge in [-0.1, -0.05) is 12.1 Å². The Morgan fingerprint density at radius 1 is 1.22 bits per heavy atom. The van der Waals surface area contributed by atoms with Gasteiger partial charge in [-0.25, -0.2) is 19.8 Å². The summed E-state index contributed by atoms with van der Waals surface area (Å²) in [4.78, 5) is 8.40. The summed E-state index contributed by atoms with van der Waals surface area (Å²) in [7, 11) is 0. The molecule has 0 aliphatic heterocycles. The zero-order valence-electron chi connectivity index (χ0n) is 10.3. The Kier molecular flexibility index (Phi) is 3.64. The Labute approximate surface area is 105 Å². The minimum Gasteiger partial charge on any atom is -0.270 e. The predicted octanol–water partition coefficient (Wildman–Crippen LogP) is 1.79. The Balaban J connectivity index is 2.38. The molecule has 0 radical (unpaired) electrons. The third-order valence-corrected chi connectivity index (χ3v) is 2.75. The van der Waals surface area contributed by atoms with Gasteiger partial charge in [0.1, 0.15) is 11.9 Å². The van der Waals surface area contributed by atoms with Crippen LogP contribution in [0.3, 0.4) is 0 Å². The molecule has 0 amide bonds. The first-order valence-corrected chi connectivity index (χ1v) is 5.62. The van der Waals surface area contributed by atoms with Gasteiger partial charge in [-0.05, 0) is 36.6 Å². The molecule has 2 aromatic rings. The fraction of sp³-hybridized carbons (Fsp3) is 0.231. The number of hydrogen-bond acceptors (Lipinski definition) is 4. The summed E-state index contributed by atoms with van der Waals surface area (Å²) in [6.45, 7) is 3.62. The lowest BCUT2D eigenvalue weighted by Gasteiger charge is -2.15. The third-order valence-electron chi connectivity index (χ3n) is 2.75. The van der Waals surface area contributed by atoms with Crippen molar-refractivity contribution in [2.75, 3.05) is 0 Å². The Bertz CT molecular complexity index is 539. The Hall–Kier alpha value is -1.85. The maximum absolute atomic E-state index is 13.5. The monoisotopic (exact) mass is 246 g/mol. The van der Waals surface area contributed by atoms with Crippen molar-refractivity contribution in [3.05, 3.63) is 58.9 Å². The molecule has 0 saturated heterocycles. The number of halogens is 1. The Morgan fingerprint density at radius 3 is 2.44 bits per heavy atom. The normalized spacial score (nSPS) is 12.4. The van der Waals surface area contributed by atoms with Gasteiger partial charge in [0.05, 0.1) is 0 Å². The average molecular weight is 246 g/mol. The minimum absolute atomic E-state index is 0.264. The molecular weight excluding hydrogens is 231 g/mol. The van der Waals surface area contributed by atoms with Crippen molar-refractivity contribution in [2.24, 2.45) is 5.84 Å². The number of hydrazine groups is 1. The van der Waals surface area contributed by atoms with Crippen molar-refractivity contribution >= 4 is 0 Å². The highest BCUT2D eigenvalue weighted by atomic mass is 19.1. The maximum atomic E-state index is 13.5. The Morgan fingerprint density at radius 2 is 1.89 bits per heavy atom. The van der Waals surface area contributed by atoms with Gasteiger partial charge in [0.25, 0.3) is 0 Å². The van der Waals surface area contributed by atoms with Crippen LogP contribution < -0.4 is 11.3 Å². The van der Waals surface area contributed by atoms with Gasteiger partial charge < -0.3 is 0 Å². The summed E-state index contributed by atoms with van der Waals surface area (Å²) >= 11 is 0. The van der Waals surface area contributed by atoms with Crippen LogP contribution in [0.15, 0.2) is 30.6 Å². The molecule has 0 saturated carbocycles. The topological polar surface area (TPSA) is 63.8 Å². The lowest BCUT2D eigenvalue weighted by atomic mass is 10.0. The van der Waals surface area contributed by atoms with E-state index in [1.165, 1.54) is 6.07 Å². The fourth-order valence-corrected chi connectivity index (χ4v) is 1.66. The molecule has 0 fully saturated rings. The molecule has 1 heterocycles. The van der Waals surface area contributed by atoms with E-state index >= 15 is 0 Å². The highest BCUT2D eigenvalue weighted by Crippen LogP contribution is 2.20. The van der Waals surface area contributed by atoms with Crippen LogP contribution in [0.4, 0.5) is 4.39 Å². The van der Waals surface area contributed by atoms with E-state index in [1.54, 1.807) is 25.4 Å². The molecule has 0 aliphatic rings. The van der Waals surface area contributed by atoms with E-state index in [9.17, 15) is 4.39 Å². The quantitative estimate of drug-likeness (QED) is 0.640. The van der Waals surface area contributed by atoms with Crippen LogP contribution in [0, 0.1) is 19.7 Å². The van der Waals surface area contributed by atoms with Crippen molar-refractivity contribution in [3.63, 3.8) is 0 Å². The molecule has 1 aromatic heterocycles. The van der Waals surface area contributed by atoms with Crippen LogP contribution in [-0.2, 0) is 0 Å². The van der Waals surface area contributed by atoms with Gasteiger partial charge in [-0.3, -0.25) is 5.84 Å². The number of aromatic nitrogens is 2. The summed E-state index contributed by atoms with van der Waals surface area (Å²) in [5, 5.41) is 0. The van der Waals surface area contributed by atoms with Crippen molar-refractivity contribution in [1.29, 1.82) is 0 Å². The van der Waals surface area contributed by atoms with Crippen LogP contribution >= 0.6 is 0 Å². The van der Waals surface area contributed by atoms with Gasteiger partial charge in [0.2, 0.25) is 0 Å². The molecular formula is C13H15FN4. The molecule has 1 aromatic carbocycles. The van der Waals surface area contributed by atoms with Crippen LogP contribution in [0.5, 0.6) is 0 Å². The molecule has 0 spiro atoms. The molecule has 1 unspecified atom stereocenters. The first-order chi connectivity index (χ1) is 8.61. The van der Waals surface area contributed by atoms with E-state index in [1.807, 2.05) is 13.0 Å². The van der Waals surface area contributed by atoms with E-state index in [0.717, 1.165) is 5.56 Å². The standard InChI is InChI=1S/C13H15FN4/c1-8-6-16-13(17-7-8)12(18-15)10-4-3-9(2)11(14)5-10/h3-7,12,18H,15H2,1-2H3. The number of aryl methyl sites for hydroxylation is 2. The van der Waals surface area contributed by atoms with Gasteiger partial charge in [-0.15, -0.1) is 0 Å². The number of nitrogens with one attached hydrogen (secondary N) is 1. The van der Waals surface area contributed by atoms with Gasteiger partial charge in [-0.2, -0.15) is 0 Å². The third kappa shape index (κ3) is 2.52. The zero-order valence-corrected chi connectivity index (χ0v) is 10.3. The fourth-order valence-electron chi connectivity index (χ4n) is 1.66. The second-order valence-corrected chi connectivity index (χ2v) is 4.23. The highest BCUT2D eigenvalue weighted by Gasteiger charge is 2.16. The molecule has 18 heavy (non-hydrogen) atoms. The minimum atomic E-state index is -0.416. The van der Waals surface area contributed by atoms with Crippen LogP contribution in [0.25, 0.3) is 0 Å². The van der Waals surface area contributed by atoms with E-state index in [0.29, 0.717) is 17.0 Å². The first-order valence-electron chi connectivity index (χ1n) is 5.62. The van der Waals surface area contributed by atoms with Crippen LogP contribution in [-0.4, -0.2) is 9.97 Å². The summed E-state index contributed by atoms with van der Waals surface area (Å²) in [5.74, 6) is 5.77. The SMILES string of the molecule is Cc1cnc(C(NN)c2ccc(C)c(F)c2)nc1. The summed E-state index contributed by atoms with van der Waals surface area (Å²) in [6, 6.07) is 4.55. The van der Waals surface area contributed by atoms with E-state index in [-0.39, 0.29) is 5.82 Å². The first kappa shape index (κ1) is 12.6. The van der Waals surface area contributed by atoms with Crippen molar-refractivity contribution in [2.45, 2.75) is 19.9 Å². The summed E-state index contributed by atoms with van der Waals surface area (Å²) < 4.78 is 13.5. The molecule has 5 heteroatoms. The van der Waals surface area contributed by atoms with Gasteiger partial charge in [0.15, 0.2) is 5.82 Å². The lowest BCUT2D eigenvalue weighted by molar-refractivity contribution is 0.582. The van der Waals surface area contributed by atoms with E-state index in [4.69, 9.17) is 5.84 Å². The number of nitrogens with zero attached hydrogens (tertiary/aromatic N) is 2. The summed E-state index contributed by atoms with van der Waals surface area (Å²) in [5.41, 5.74) is 4.87. The highest BCUT2D eigenvalue weighted by molar-refractivity contribution is 5.29. The number of benzene rings is 1. The average Bonchev–Trinajstić information content (AvgIpc) is 2.37. The number of rotatable bonds is 3. The largest absolute Gasteiger partial charge is 0.270 e. The van der Waals surface area contributed by atoms with Crippen molar-refractivity contribution in [3.8, 4) is 0 Å². The second-order valence-electron chi connectivity index (χ2n) is 4.23. The predicted molar refractivity (Wildman–Crippen MR) is 67.1 cm³/mol. The van der Waals surface area contributed by atoms with Crippen LogP contribution in [0.1, 0.15) is 28.6 Å². The van der Waals surface area contributed by atoms with E-state index < -0.39 is 6.04 Å². The smallest absolute Gasteiger partial charge is 0.150 e. The number of hydrogen-bond donors (Lipinski definition) is 2. The van der Waals surface area contributed by atoms with Crippen molar-refractivity contribution < 1.29 is 4.39 Å². The molecule has 1 atom stereocenters. The molecule has 0 bridgehead atoms. The molecule has 2 rings (SSSR count). The molecule has 94 valence electrons. The van der Waals surface area contributed by atoms with Gasteiger partial charge >= 0.3 is 0 Å². The molecule has 3 N–H and O–H groups in total. The maximum Gasteiger partial charge on any atom is 0.150 e. The molecule has 4 nitrogen and oxygen atoms in total. The number of nitrogens with two attached hydrogens (primary N) is 1. The summed E-state index contributed by atoms with van der Waals surface area (Å²) in [6.07, 6.45) is 3.41. The molecule has 0 aliphatic carbocycles. The van der Waals surface area contributed by atoms with Crippen LogP contribution in [0.2, 0.25) is 0 Å². The second kappa shape index (κ2) is 5.20. The van der Waals surface area contributed by atoms with E-state index in [2.05, 4.69) is 15.4 Å². The van der Waals surface area contributed by atoms with Gasteiger partial charge in [0, 0.05) is 12.4 Å².